The highest BCUT2D eigenvalue weighted by molar-refractivity contribution is 7.89. The van der Waals surface area contributed by atoms with Gasteiger partial charge in [-0.05, 0) is 23.3 Å². The molecule has 0 unspecified atom stereocenters. The normalized spacial score (nSPS) is 16.8. The molecular weight excluding hydrogens is 436 g/mol. The summed E-state index contributed by atoms with van der Waals surface area (Å²) in [7, 11) is -2.30. The molecule has 0 aromatic heterocycles. The third-order valence-electron chi connectivity index (χ3n) is 5.40. The van der Waals surface area contributed by atoms with Gasteiger partial charge in [0.2, 0.25) is 10.0 Å². The van der Waals surface area contributed by atoms with E-state index in [2.05, 4.69) is 4.90 Å². The van der Waals surface area contributed by atoms with Crippen LogP contribution in [0.5, 0.6) is 0 Å². The van der Waals surface area contributed by atoms with Gasteiger partial charge >= 0.3 is 0 Å². The largest absolute Gasteiger partial charge is 0.296 e. The maximum atomic E-state index is 12.9. The number of piperazine rings is 1. The molecule has 8 nitrogen and oxygen atoms in total. The Hall–Kier alpha value is -1.82. The third kappa shape index (κ3) is 5.71. The summed E-state index contributed by atoms with van der Waals surface area (Å²) in [5.41, 5.74) is 1.93. The van der Waals surface area contributed by atoms with Gasteiger partial charge in [-0.15, -0.1) is 0 Å². The van der Waals surface area contributed by atoms with Crippen molar-refractivity contribution in [3.63, 3.8) is 0 Å². The lowest BCUT2D eigenvalue weighted by Gasteiger charge is -2.35. The predicted octanol–water partition coefficient (Wildman–Crippen LogP) is 1.43. The Labute approximate surface area is 185 Å². The molecule has 0 spiro atoms. The Morgan fingerprint density at radius 3 is 1.90 bits per heavy atom. The molecule has 170 valence electrons. The van der Waals surface area contributed by atoms with Crippen LogP contribution in [-0.4, -0.2) is 82.0 Å². The minimum atomic E-state index is -3.58. The first-order chi connectivity index (χ1) is 14.6. The van der Waals surface area contributed by atoms with Gasteiger partial charge in [0, 0.05) is 60.4 Å². The first kappa shape index (κ1) is 23.8. The monoisotopic (exact) mass is 466 g/mol. The van der Waals surface area contributed by atoms with Crippen LogP contribution in [0, 0.1) is 0 Å². The van der Waals surface area contributed by atoms with Crippen molar-refractivity contribution in [1.29, 1.82) is 0 Å². The summed E-state index contributed by atoms with van der Waals surface area (Å²) < 4.78 is 54.3. The second kappa shape index (κ2) is 9.76. The van der Waals surface area contributed by atoms with Gasteiger partial charge in [-0.25, -0.2) is 8.42 Å². The Morgan fingerprint density at radius 1 is 0.774 bits per heavy atom. The van der Waals surface area contributed by atoms with E-state index in [1.165, 1.54) is 27.0 Å². The minimum Gasteiger partial charge on any atom is -0.296 e. The Bertz CT molecular complexity index is 1060. The van der Waals surface area contributed by atoms with Crippen molar-refractivity contribution in [2.45, 2.75) is 18.0 Å². The molecule has 0 saturated carbocycles. The highest BCUT2D eigenvalue weighted by Crippen LogP contribution is 2.19. The van der Waals surface area contributed by atoms with Crippen LogP contribution in [0.4, 0.5) is 0 Å². The average Bonchev–Trinajstić information content (AvgIpc) is 2.75. The number of hydrogen-bond acceptors (Lipinski definition) is 5. The molecule has 1 saturated heterocycles. The van der Waals surface area contributed by atoms with Crippen LogP contribution in [0.15, 0.2) is 59.5 Å². The van der Waals surface area contributed by atoms with Gasteiger partial charge in [0.15, 0.2) is 0 Å². The second-order valence-corrected chi connectivity index (χ2v) is 12.0. The molecule has 0 amide bonds. The number of nitrogens with zero attached hydrogens (tertiary/aromatic N) is 4. The molecule has 1 heterocycles. The summed E-state index contributed by atoms with van der Waals surface area (Å²) in [6.45, 7) is 3.11. The van der Waals surface area contributed by atoms with Crippen molar-refractivity contribution in [2.75, 3.05) is 47.3 Å². The highest BCUT2D eigenvalue weighted by atomic mass is 32.2. The zero-order chi connectivity index (χ0) is 22.6. The van der Waals surface area contributed by atoms with Crippen LogP contribution >= 0.6 is 0 Å². The molecule has 0 aliphatic carbocycles. The van der Waals surface area contributed by atoms with Crippen LogP contribution in [0.25, 0.3) is 0 Å². The molecule has 0 atom stereocenters. The van der Waals surface area contributed by atoms with E-state index in [4.69, 9.17) is 0 Å². The van der Waals surface area contributed by atoms with E-state index in [0.717, 1.165) is 11.1 Å². The molecule has 1 aliphatic heterocycles. The Balaban J connectivity index is 1.59. The van der Waals surface area contributed by atoms with E-state index in [1.54, 1.807) is 19.2 Å². The average molecular weight is 467 g/mol. The van der Waals surface area contributed by atoms with Gasteiger partial charge in [0.25, 0.3) is 10.2 Å². The number of sulfonamides is 1. The first-order valence-electron chi connectivity index (χ1n) is 10.1. The maximum absolute atomic E-state index is 12.9. The highest BCUT2D eigenvalue weighted by Gasteiger charge is 2.28. The second-order valence-electron chi connectivity index (χ2n) is 7.86. The summed E-state index contributed by atoms with van der Waals surface area (Å²) in [4.78, 5) is 2.43. The van der Waals surface area contributed by atoms with Crippen LogP contribution in [0.1, 0.15) is 11.1 Å². The van der Waals surface area contributed by atoms with Crippen molar-refractivity contribution < 1.29 is 16.8 Å². The van der Waals surface area contributed by atoms with Crippen LogP contribution < -0.4 is 0 Å². The lowest BCUT2D eigenvalue weighted by Crippen LogP contribution is -2.51. The number of hydrogen-bond donors (Lipinski definition) is 0. The van der Waals surface area contributed by atoms with Crippen molar-refractivity contribution in [3.8, 4) is 0 Å². The van der Waals surface area contributed by atoms with Gasteiger partial charge < -0.3 is 0 Å². The van der Waals surface area contributed by atoms with Gasteiger partial charge in [-0.1, -0.05) is 42.5 Å². The van der Waals surface area contributed by atoms with Gasteiger partial charge in [0.05, 0.1) is 4.90 Å². The molecule has 10 heteroatoms. The molecule has 2 aromatic rings. The zero-order valence-electron chi connectivity index (χ0n) is 18.2. The standard InChI is InChI=1S/C21H30N4O4S2/c1-22(2)31(28,29)25-15-13-24(14-16-25)18-20-9-11-21(12-10-20)30(26,27)23(3)17-19-7-5-4-6-8-19/h4-12H,13-18H2,1-3H3. The van der Waals surface area contributed by atoms with E-state index < -0.39 is 20.2 Å². The smallest absolute Gasteiger partial charge is 0.281 e. The molecule has 0 bridgehead atoms. The fourth-order valence-electron chi connectivity index (χ4n) is 3.48. The van der Waals surface area contributed by atoms with Crippen LogP contribution in [-0.2, 0) is 33.3 Å². The van der Waals surface area contributed by atoms with E-state index in [1.807, 2.05) is 42.5 Å². The summed E-state index contributed by atoms with van der Waals surface area (Å²) in [6, 6.07) is 16.4. The summed E-state index contributed by atoms with van der Waals surface area (Å²) in [5, 5.41) is 0. The van der Waals surface area contributed by atoms with E-state index >= 15 is 0 Å². The van der Waals surface area contributed by atoms with Gasteiger partial charge in [-0.2, -0.15) is 21.3 Å². The van der Waals surface area contributed by atoms with Crippen LogP contribution in [0.3, 0.4) is 0 Å². The third-order valence-corrected chi connectivity index (χ3v) is 9.16. The molecular formula is C21H30N4O4S2. The Morgan fingerprint density at radius 2 is 1.35 bits per heavy atom. The van der Waals surface area contributed by atoms with Crippen molar-refractivity contribution >= 4 is 20.2 Å². The van der Waals surface area contributed by atoms with Gasteiger partial charge in [-0.3, -0.25) is 4.90 Å². The van der Waals surface area contributed by atoms with Crippen molar-refractivity contribution in [3.05, 3.63) is 65.7 Å². The van der Waals surface area contributed by atoms with Crippen LogP contribution in [0.2, 0.25) is 0 Å². The van der Waals surface area contributed by atoms with Gasteiger partial charge in [0.1, 0.15) is 0 Å². The van der Waals surface area contributed by atoms with Crippen molar-refractivity contribution in [1.82, 2.24) is 17.8 Å². The zero-order valence-corrected chi connectivity index (χ0v) is 19.8. The number of benzene rings is 2. The molecule has 1 aliphatic rings. The molecule has 31 heavy (non-hydrogen) atoms. The van der Waals surface area contributed by atoms with E-state index in [9.17, 15) is 16.8 Å². The lowest BCUT2D eigenvalue weighted by atomic mass is 10.2. The topological polar surface area (TPSA) is 81.2 Å². The molecule has 0 radical (unpaired) electrons. The molecule has 2 aromatic carbocycles. The first-order valence-corrected chi connectivity index (χ1v) is 12.9. The minimum absolute atomic E-state index is 0.261. The van der Waals surface area contributed by atoms with E-state index in [-0.39, 0.29) is 4.90 Å². The summed E-state index contributed by atoms with van der Waals surface area (Å²) in [6.07, 6.45) is 0. The summed E-state index contributed by atoms with van der Waals surface area (Å²) in [5.74, 6) is 0. The maximum Gasteiger partial charge on any atom is 0.281 e. The fourth-order valence-corrected chi connectivity index (χ4v) is 5.73. The molecule has 1 fully saturated rings. The summed E-state index contributed by atoms with van der Waals surface area (Å²) >= 11 is 0. The predicted molar refractivity (Wildman–Crippen MR) is 121 cm³/mol. The SMILES string of the molecule is CN(Cc1ccccc1)S(=O)(=O)c1ccc(CN2CCN(S(=O)(=O)N(C)C)CC2)cc1. The fraction of sp³-hybridized carbons (Fsp3) is 0.429. The van der Waals surface area contributed by atoms with E-state index in [0.29, 0.717) is 39.3 Å². The van der Waals surface area contributed by atoms with Crippen molar-refractivity contribution in [2.24, 2.45) is 0 Å². The number of rotatable bonds is 8. The quantitative estimate of drug-likeness (QED) is 0.588. The lowest BCUT2D eigenvalue weighted by molar-refractivity contribution is 0.177. The molecule has 3 rings (SSSR count). The Kier molecular flexibility index (Phi) is 7.51. The molecule has 0 N–H and O–H groups in total.